The second kappa shape index (κ2) is 11.3. The number of nitrogens with zero attached hydrogens (tertiary/aromatic N) is 4. The average Bonchev–Trinajstić information content (AvgIpc) is 2.87. The van der Waals surface area contributed by atoms with E-state index in [0.717, 1.165) is 50.5 Å². The Bertz CT molecular complexity index is 1110. The summed E-state index contributed by atoms with van der Waals surface area (Å²) in [5, 5.41) is 14.8. The van der Waals surface area contributed by atoms with E-state index in [1.807, 2.05) is 6.92 Å². The number of anilines is 2. The fourth-order valence-corrected chi connectivity index (χ4v) is 5.84. The van der Waals surface area contributed by atoms with E-state index in [1.54, 1.807) is 36.4 Å². The summed E-state index contributed by atoms with van der Waals surface area (Å²) in [6.45, 7) is 8.55. The van der Waals surface area contributed by atoms with Crippen LogP contribution in [0.25, 0.3) is 0 Å². The lowest BCUT2D eigenvalue weighted by Crippen LogP contribution is -2.48. The zero-order valence-electron chi connectivity index (χ0n) is 20.1. The first-order chi connectivity index (χ1) is 16.8. The maximum Gasteiger partial charge on any atom is 0.292 e. The van der Waals surface area contributed by atoms with Crippen LogP contribution in [0.2, 0.25) is 0 Å². The number of piperazine rings is 1. The molecule has 4 rings (SSSR count). The van der Waals surface area contributed by atoms with Crippen LogP contribution in [0.1, 0.15) is 12.0 Å². The second-order valence-electron chi connectivity index (χ2n) is 8.90. The first-order valence-corrected chi connectivity index (χ1v) is 13.4. The molecule has 10 nitrogen and oxygen atoms in total. The third kappa shape index (κ3) is 6.29. The predicted octanol–water partition coefficient (Wildman–Crippen LogP) is 2.55. The Labute approximate surface area is 206 Å². The van der Waals surface area contributed by atoms with Crippen LogP contribution in [0.3, 0.4) is 0 Å². The lowest BCUT2D eigenvalue weighted by molar-refractivity contribution is -0.383. The SMILES string of the molecule is Cc1ccc(S(=O)(=O)N2CCN(c3ccc([N+](=O)[O-])c(NCCCN4CCOCC4)c3)CC2)cc1. The summed E-state index contributed by atoms with van der Waals surface area (Å²) in [5.41, 5.74) is 2.39. The van der Waals surface area contributed by atoms with Gasteiger partial charge in [0.25, 0.3) is 5.69 Å². The second-order valence-corrected chi connectivity index (χ2v) is 10.8. The number of nitrogens with one attached hydrogen (secondary N) is 1. The predicted molar refractivity (Wildman–Crippen MR) is 136 cm³/mol. The zero-order valence-corrected chi connectivity index (χ0v) is 20.9. The summed E-state index contributed by atoms with van der Waals surface area (Å²) in [7, 11) is -3.54. The van der Waals surface area contributed by atoms with Crippen LogP contribution in [-0.2, 0) is 14.8 Å². The highest BCUT2D eigenvalue weighted by molar-refractivity contribution is 7.89. The summed E-state index contributed by atoms with van der Waals surface area (Å²) in [6, 6.07) is 12.0. The molecular weight excluding hydrogens is 470 g/mol. The van der Waals surface area contributed by atoms with Gasteiger partial charge in [-0.15, -0.1) is 0 Å². The quantitative estimate of drug-likeness (QED) is 0.316. The minimum atomic E-state index is -3.54. The van der Waals surface area contributed by atoms with Crippen molar-refractivity contribution in [1.82, 2.24) is 9.21 Å². The Morgan fingerprint density at radius 3 is 2.34 bits per heavy atom. The highest BCUT2D eigenvalue weighted by Crippen LogP contribution is 2.30. The molecule has 2 saturated heterocycles. The van der Waals surface area contributed by atoms with E-state index in [9.17, 15) is 18.5 Å². The van der Waals surface area contributed by atoms with Gasteiger partial charge in [0.15, 0.2) is 0 Å². The van der Waals surface area contributed by atoms with Gasteiger partial charge in [0.05, 0.1) is 23.0 Å². The maximum absolute atomic E-state index is 13.0. The number of ether oxygens (including phenoxy) is 1. The van der Waals surface area contributed by atoms with Crippen LogP contribution in [0.4, 0.5) is 17.1 Å². The summed E-state index contributed by atoms with van der Waals surface area (Å²) in [6.07, 6.45) is 0.872. The van der Waals surface area contributed by atoms with Crippen LogP contribution >= 0.6 is 0 Å². The summed E-state index contributed by atoms with van der Waals surface area (Å²) in [5.74, 6) is 0. The van der Waals surface area contributed by atoms with Crippen molar-refractivity contribution in [3.05, 3.63) is 58.1 Å². The molecule has 0 saturated carbocycles. The number of hydrogen-bond donors (Lipinski definition) is 1. The Hall–Kier alpha value is -2.73. The molecule has 2 aromatic carbocycles. The summed E-state index contributed by atoms with van der Waals surface area (Å²) < 4.78 is 32.8. The number of aryl methyl sites for hydroxylation is 1. The molecule has 11 heteroatoms. The summed E-state index contributed by atoms with van der Waals surface area (Å²) in [4.78, 5) is 15.9. The number of rotatable bonds is 9. The van der Waals surface area contributed by atoms with E-state index in [1.165, 1.54) is 10.4 Å². The van der Waals surface area contributed by atoms with Crippen molar-refractivity contribution in [1.29, 1.82) is 0 Å². The van der Waals surface area contributed by atoms with Crippen LogP contribution in [0.5, 0.6) is 0 Å². The largest absolute Gasteiger partial charge is 0.379 e. The molecule has 0 atom stereocenters. The van der Waals surface area contributed by atoms with Gasteiger partial charge in [-0.3, -0.25) is 15.0 Å². The van der Waals surface area contributed by atoms with Gasteiger partial charge in [0, 0.05) is 57.6 Å². The van der Waals surface area contributed by atoms with Gasteiger partial charge < -0.3 is 15.0 Å². The molecule has 0 unspecified atom stereocenters. The van der Waals surface area contributed by atoms with Crippen LogP contribution < -0.4 is 10.2 Å². The fourth-order valence-electron chi connectivity index (χ4n) is 4.42. The van der Waals surface area contributed by atoms with Crippen molar-refractivity contribution in [3.63, 3.8) is 0 Å². The highest BCUT2D eigenvalue weighted by atomic mass is 32.2. The Kier molecular flexibility index (Phi) is 8.22. The topological polar surface area (TPSA) is 108 Å². The molecule has 2 fully saturated rings. The molecule has 0 bridgehead atoms. The fraction of sp³-hybridized carbons (Fsp3) is 0.500. The van der Waals surface area contributed by atoms with Crippen LogP contribution in [-0.4, -0.2) is 88.1 Å². The van der Waals surface area contributed by atoms with Gasteiger partial charge in [-0.05, 0) is 44.2 Å². The molecule has 190 valence electrons. The lowest BCUT2D eigenvalue weighted by Gasteiger charge is -2.35. The number of nitro groups is 1. The monoisotopic (exact) mass is 503 g/mol. The third-order valence-corrected chi connectivity index (χ3v) is 8.42. The van der Waals surface area contributed by atoms with Crippen molar-refractivity contribution < 1.29 is 18.1 Å². The van der Waals surface area contributed by atoms with Crippen molar-refractivity contribution in [2.24, 2.45) is 0 Å². The molecule has 2 aromatic rings. The van der Waals surface area contributed by atoms with Gasteiger partial charge in [-0.1, -0.05) is 17.7 Å². The zero-order chi connectivity index (χ0) is 24.8. The number of hydrogen-bond acceptors (Lipinski definition) is 8. The lowest BCUT2D eigenvalue weighted by atomic mass is 10.2. The first kappa shape index (κ1) is 25.4. The van der Waals surface area contributed by atoms with E-state index in [-0.39, 0.29) is 10.6 Å². The molecule has 35 heavy (non-hydrogen) atoms. The number of benzene rings is 2. The van der Waals surface area contributed by atoms with Gasteiger partial charge in [-0.2, -0.15) is 4.31 Å². The van der Waals surface area contributed by atoms with Gasteiger partial charge in [0.1, 0.15) is 5.69 Å². The molecule has 2 aliphatic heterocycles. The molecule has 0 aliphatic carbocycles. The number of morpholine rings is 1. The van der Waals surface area contributed by atoms with Gasteiger partial charge >= 0.3 is 0 Å². The van der Waals surface area contributed by atoms with E-state index in [0.29, 0.717) is 43.3 Å². The van der Waals surface area contributed by atoms with E-state index >= 15 is 0 Å². The van der Waals surface area contributed by atoms with E-state index in [4.69, 9.17) is 4.74 Å². The standard InChI is InChI=1S/C24H33N5O5S/c1-20-3-6-22(7-4-20)35(32,33)28-13-11-27(12-14-28)21-5-8-24(29(30)31)23(19-21)25-9-2-10-26-15-17-34-18-16-26/h3-8,19,25H,2,9-18H2,1H3. The minimum absolute atomic E-state index is 0.0423. The Balaban J connectivity index is 1.37. The normalized spacial score (nSPS) is 17.9. The molecule has 2 heterocycles. The average molecular weight is 504 g/mol. The van der Waals surface area contributed by atoms with E-state index in [2.05, 4.69) is 15.1 Å². The highest BCUT2D eigenvalue weighted by Gasteiger charge is 2.29. The van der Waals surface area contributed by atoms with Crippen molar-refractivity contribution in [2.75, 3.05) is 75.8 Å². The van der Waals surface area contributed by atoms with E-state index < -0.39 is 10.0 Å². The molecular formula is C24H33N5O5S. The number of sulfonamides is 1. The molecule has 2 aliphatic rings. The maximum atomic E-state index is 13.0. The van der Waals surface area contributed by atoms with Crippen molar-refractivity contribution in [3.8, 4) is 0 Å². The molecule has 0 spiro atoms. The van der Waals surface area contributed by atoms with Crippen molar-refractivity contribution >= 4 is 27.1 Å². The summed E-state index contributed by atoms with van der Waals surface area (Å²) >= 11 is 0. The van der Waals surface area contributed by atoms with Gasteiger partial charge in [-0.25, -0.2) is 8.42 Å². The third-order valence-electron chi connectivity index (χ3n) is 6.51. The number of nitro benzene ring substituents is 1. The molecule has 0 amide bonds. The smallest absolute Gasteiger partial charge is 0.292 e. The van der Waals surface area contributed by atoms with Crippen molar-refractivity contribution in [2.45, 2.75) is 18.2 Å². The molecule has 1 N–H and O–H groups in total. The first-order valence-electron chi connectivity index (χ1n) is 12.0. The molecule has 0 radical (unpaired) electrons. The Morgan fingerprint density at radius 2 is 1.69 bits per heavy atom. The van der Waals surface area contributed by atoms with Gasteiger partial charge in [0.2, 0.25) is 10.0 Å². The Morgan fingerprint density at radius 1 is 1.00 bits per heavy atom. The van der Waals surface area contributed by atoms with Crippen LogP contribution in [0, 0.1) is 17.0 Å². The molecule has 0 aromatic heterocycles. The van der Waals surface area contributed by atoms with Crippen LogP contribution in [0.15, 0.2) is 47.4 Å². The minimum Gasteiger partial charge on any atom is -0.379 e.